The zero-order valence-corrected chi connectivity index (χ0v) is 7.18. The lowest BCUT2D eigenvalue weighted by atomic mass is 9.74. The number of carbonyl (C=O) groups is 1. The molecule has 3 heteroatoms. The van der Waals surface area contributed by atoms with E-state index in [1.54, 1.807) is 0 Å². The van der Waals surface area contributed by atoms with Crippen LogP contribution in [0.25, 0.3) is 0 Å². The Bertz CT molecular complexity index is 205. The predicted octanol–water partition coefficient (Wildman–Crippen LogP) is 0.851. The molecule has 1 aliphatic carbocycles. The SMILES string of the molecule is O=C(O)C12CCCC1CCNC2. The van der Waals surface area contributed by atoms with Crippen LogP contribution in [-0.4, -0.2) is 24.2 Å². The number of fused-ring (bicyclic) bond motifs is 1. The van der Waals surface area contributed by atoms with Crippen LogP contribution in [0.1, 0.15) is 25.7 Å². The molecule has 2 N–H and O–H groups in total. The summed E-state index contributed by atoms with van der Waals surface area (Å²) in [6, 6.07) is 0. The first kappa shape index (κ1) is 8.05. The minimum absolute atomic E-state index is 0.405. The first-order valence-electron chi connectivity index (χ1n) is 4.70. The van der Waals surface area contributed by atoms with Crippen molar-refractivity contribution in [2.45, 2.75) is 25.7 Å². The molecule has 1 saturated carbocycles. The van der Waals surface area contributed by atoms with Crippen LogP contribution in [0, 0.1) is 11.3 Å². The molecule has 2 unspecified atom stereocenters. The van der Waals surface area contributed by atoms with E-state index < -0.39 is 11.4 Å². The summed E-state index contributed by atoms with van der Waals surface area (Å²) in [4.78, 5) is 11.1. The molecule has 0 bridgehead atoms. The summed E-state index contributed by atoms with van der Waals surface area (Å²) in [5.74, 6) is -0.145. The van der Waals surface area contributed by atoms with Gasteiger partial charge in [-0.3, -0.25) is 4.79 Å². The number of aliphatic carboxylic acids is 1. The molecule has 3 nitrogen and oxygen atoms in total. The maximum absolute atomic E-state index is 11.1. The van der Waals surface area contributed by atoms with Crippen molar-refractivity contribution in [2.24, 2.45) is 11.3 Å². The second-order valence-electron chi connectivity index (χ2n) is 4.02. The molecule has 0 aromatic rings. The van der Waals surface area contributed by atoms with Gasteiger partial charge in [-0.1, -0.05) is 6.42 Å². The largest absolute Gasteiger partial charge is 0.481 e. The molecule has 0 amide bonds. The smallest absolute Gasteiger partial charge is 0.311 e. The summed E-state index contributed by atoms with van der Waals surface area (Å²) in [6.45, 7) is 1.69. The van der Waals surface area contributed by atoms with E-state index in [4.69, 9.17) is 5.11 Å². The van der Waals surface area contributed by atoms with Crippen molar-refractivity contribution >= 4 is 5.97 Å². The first-order valence-corrected chi connectivity index (χ1v) is 4.70. The van der Waals surface area contributed by atoms with Crippen LogP contribution >= 0.6 is 0 Å². The monoisotopic (exact) mass is 169 g/mol. The van der Waals surface area contributed by atoms with Crippen LogP contribution in [0.2, 0.25) is 0 Å². The molecule has 1 heterocycles. The third kappa shape index (κ3) is 0.959. The molecule has 2 fully saturated rings. The summed E-state index contributed by atoms with van der Waals surface area (Å²) >= 11 is 0. The van der Waals surface area contributed by atoms with Gasteiger partial charge in [-0.05, 0) is 31.7 Å². The molecule has 0 aromatic carbocycles. The van der Waals surface area contributed by atoms with E-state index >= 15 is 0 Å². The van der Waals surface area contributed by atoms with Gasteiger partial charge in [0.05, 0.1) is 5.41 Å². The third-order valence-corrected chi connectivity index (χ3v) is 3.49. The van der Waals surface area contributed by atoms with Gasteiger partial charge in [-0.15, -0.1) is 0 Å². The normalized spacial score (nSPS) is 40.8. The highest BCUT2D eigenvalue weighted by Crippen LogP contribution is 2.46. The zero-order chi connectivity index (χ0) is 8.60. The Labute approximate surface area is 72.2 Å². The Morgan fingerprint density at radius 3 is 3.00 bits per heavy atom. The third-order valence-electron chi connectivity index (χ3n) is 3.49. The minimum Gasteiger partial charge on any atom is -0.481 e. The van der Waals surface area contributed by atoms with E-state index in [1.807, 2.05) is 0 Å². The van der Waals surface area contributed by atoms with Crippen LogP contribution in [0.3, 0.4) is 0 Å². The van der Waals surface area contributed by atoms with Crippen molar-refractivity contribution in [3.8, 4) is 0 Å². The molecule has 1 saturated heterocycles. The zero-order valence-electron chi connectivity index (χ0n) is 7.18. The van der Waals surface area contributed by atoms with Crippen molar-refractivity contribution in [3.05, 3.63) is 0 Å². The molecule has 12 heavy (non-hydrogen) atoms. The highest BCUT2D eigenvalue weighted by Gasteiger charge is 2.49. The van der Waals surface area contributed by atoms with Crippen molar-refractivity contribution in [1.82, 2.24) is 5.32 Å². The fraction of sp³-hybridized carbons (Fsp3) is 0.889. The van der Waals surface area contributed by atoms with Crippen molar-refractivity contribution in [2.75, 3.05) is 13.1 Å². The molecule has 0 radical (unpaired) electrons. The van der Waals surface area contributed by atoms with Gasteiger partial charge in [0.1, 0.15) is 0 Å². The first-order chi connectivity index (χ1) is 5.76. The molecule has 0 spiro atoms. The lowest BCUT2D eigenvalue weighted by Gasteiger charge is -2.35. The highest BCUT2D eigenvalue weighted by molar-refractivity contribution is 5.76. The summed E-state index contributed by atoms with van der Waals surface area (Å²) in [5.41, 5.74) is -0.405. The van der Waals surface area contributed by atoms with Gasteiger partial charge < -0.3 is 10.4 Å². The maximum Gasteiger partial charge on any atom is 0.311 e. The number of nitrogens with one attached hydrogen (secondary N) is 1. The molecule has 2 rings (SSSR count). The van der Waals surface area contributed by atoms with Gasteiger partial charge in [0.15, 0.2) is 0 Å². The van der Waals surface area contributed by atoms with E-state index in [1.165, 1.54) is 0 Å². The van der Waals surface area contributed by atoms with E-state index in [2.05, 4.69) is 5.32 Å². The van der Waals surface area contributed by atoms with Gasteiger partial charge in [0, 0.05) is 6.54 Å². The van der Waals surface area contributed by atoms with Crippen LogP contribution < -0.4 is 5.32 Å². The van der Waals surface area contributed by atoms with Crippen LogP contribution in [-0.2, 0) is 4.79 Å². The van der Waals surface area contributed by atoms with Crippen molar-refractivity contribution < 1.29 is 9.90 Å². The number of carboxylic acids is 1. The summed E-state index contributed by atoms with van der Waals surface area (Å²) in [6.07, 6.45) is 4.14. The van der Waals surface area contributed by atoms with Gasteiger partial charge in [-0.2, -0.15) is 0 Å². The van der Waals surface area contributed by atoms with Gasteiger partial charge in [0.2, 0.25) is 0 Å². The van der Waals surface area contributed by atoms with E-state index in [0.717, 1.165) is 32.2 Å². The second kappa shape index (κ2) is 2.73. The van der Waals surface area contributed by atoms with Crippen molar-refractivity contribution in [3.63, 3.8) is 0 Å². The minimum atomic E-state index is -0.586. The Hall–Kier alpha value is -0.570. The van der Waals surface area contributed by atoms with Crippen LogP contribution in [0.15, 0.2) is 0 Å². The Morgan fingerprint density at radius 1 is 1.50 bits per heavy atom. The molecule has 2 aliphatic rings. The quantitative estimate of drug-likeness (QED) is 0.612. The van der Waals surface area contributed by atoms with Crippen molar-refractivity contribution in [1.29, 1.82) is 0 Å². The molecular formula is C9H15NO2. The average Bonchev–Trinajstić information content (AvgIpc) is 2.48. The second-order valence-corrected chi connectivity index (χ2v) is 4.02. The lowest BCUT2D eigenvalue weighted by Crippen LogP contribution is -2.48. The highest BCUT2D eigenvalue weighted by atomic mass is 16.4. The summed E-state index contributed by atoms with van der Waals surface area (Å²) < 4.78 is 0. The van der Waals surface area contributed by atoms with Gasteiger partial charge in [-0.25, -0.2) is 0 Å². The molecule has 0 aromatic heterocycles. The molecule has 2 atom stereocenters. The molecular weight excluding hydrogens is 154 g/mol. The summed E-state index contributed by atoms with van der Waals surface area (Å²) in [7, 11) is 0. The standard InChI is InChI=1S/C9H15NO2/c11-8(12)9-4-1-2-7(9)3-5-10-6-9/h7,10H,1-6H2,(H,11,12). The maximum atomic E-state index is 11.1. The lowest BCUT2D eigenvalue weighted by molar-refractivity contribution is -0.152. The Kier molecular flexibility index (Phi) is 1.83. The number of rotatable bonds is 1. The van der Waals surface area contributed by atoms with Crippen LogP contribution in [0.5, 0.6) is 0 Å². The Balaban J connectivity index is 2.23. The predicted molar refractivity (Wildman–Crippen MR) is 44.9 cm³/mol. The van der Waals surface area contributed by atoms with E-state index in [9.17, 15) is 4.79 Å². The molecule has 1 aliphatic heterocycles. The Morgan fingerprint density at radius 2 is 2.33 bits per heavy atom. The summed E-state index contributed by atoms with van der Waals surface area (Å²) in [5, 5.41) is 12.4. The van der Waals surface area contributed by atoms with Crippen LogP contribution in [0.4, 0.5) is 0 Å². The topological polar surface area (TPSA) is 49.3 Å². The average molecular weight is 169 g/mol. The van der Waals surface area contributed by atoms with Gasteiger partial charge in [0.25, 0.3) is 0 Å². The number of hydrogen-bond acceptors (Lipinski definition) is 2. The number of carboxylic acid groups (broad SMARTS) is 1. The fourth-order valence-electron chi connectivity index (χ4n) is 2.74. The number of piperidine rings is 1. The number of hydrogen-bond donors (Lipinski definition) is 2. The van der Waals surface area contributed by atoms with E-state index in [-0.39, 0.29) is 0 Å². The molecule has 68 valence electrons. The fourth-order valence-corrected chi connectivity index (χ4v) is 2.74. The van der Waals surface area contributed by atoms with E-state index in [0.29, 0.717) is 12.5 Å². The van der Waals surface area contributed by atoms with Gasteiger partial charge >= 0.3 is 5.97 Å².